The van der Waals surface area contributed by atoms with Crippen molar-refractivity contribution in [3.05, 3.63) is 0 Å². The highest BCUT2D eigenvalue weighted by molar-refractivity contribution is 5.27. The number of hydrogen-bond acceptors (Lipinski definition) is 1. The lowest BCUT2D eigenvalue weighted by atomic mass is 9.27. The van der Waals surface area contributed by atoms with Crippen LogP contribution in [0.5, 0.6) is 0 Å². The maximum Gasteiger partial charge on any atom is 0.0744 e. The largest absolute Gasteiger partial charge is 0.389 e. The van der Waals surface area contributed by atoms with Gasteiger partial charge in [0.05, 0.1) is 5.60 Å². The quantitative estimate of drug-likeness (QED) is 0.764. The molecule has 0 spiro atoms. The van der Waals surface area contributed by atoms with Crippen molar-refractivity contribution in [2.75, 3.05) is 0 Å². The smallest absolute Gasteiger partial charge is 0.0744 e. The molecule has 17 heavy (non-hydrogen) atoms. The molecule has 1 nitrogen and oxygen atoms in total. The summed E-state index contributed by atoms with van der Waals surface area (Å²) < 4.78 is 0. The van der Waals surface area contributed by atoms with E-state index in [-0.39, 0.29) is 11.0 Å². The minimum absolute atomic E-state index is 0.266. The van der Waals surface area contributed by atoms with Gasteiger partial charge in [0.15, 0.2) is 0 Å². The van der Waals surface area contributed by atoms with Gasteiger partial charge in [-0.1, -0.05) is 40.0 Å². The second-order valence-electron chi connectivity index (χ2n) is 7.62. The van der Waals surface area contributed by atoms with Crippen LogP contribution in [0.3, 0.4) is 0 Å². The Kier molecular flexibility index (Phi) is 2.47. The van der Waals surface area contributed by atoms with Gasteiger partial charge in [-0.05, 0) is 49.4 Å². The van der Waals surface area contributed by atoms with E-state index in [1.807, 2.05) is 0 Å². The van der Waals surface area contributed by atoms with E-state index in [0.717, 1.165) is 6.42 Å². The number of rotatable bonds is 2. The fourth-order valence-electron chi connectivity index (χ4n) is 6.03. The third-order valence-electron chi connectivity index (χ3n) is 6.85. The van der Waals surface area contributed by atoms with Crippen molar-refractivity contribution in [1.29, 1.82) is 0 Å². The Morgan fingerprint density at radius 3 is 2.12 bits per heavy atom. The Morgan fingerprint density at radius 1 is 1.06 bits per heavy atom. The fourth-order valence-corrected chi connectivity index (χ4v) is 6.03. The second-order valence-corrected chi connectivity index (χ2v) is 7.62. The number of hydrogen-bond donors (Lipinski definition) is 1. The summed E-state index contributed by atoms with van der Waals surface area (Å²) in [6.45, 7) is 7.10. The first-order chi connectivity index (χ1) is 7.96. The van der Waals surface area contributed by atoms with E-state index in [2.05, 4.69) is 20.8 Å². The molecule has 3 aliphatic carbocycles. The molecule has 1 N–H and O–H groups in total. The zero-order valence-corrected chi connectivity index (χ0v) is 11.8. The average Bonchev–Trinajstić information content (AvgIpc) is 2.28. The van der Waals surface area contributed by atoms with E-state index < -0.39 is 0 Å². The Labute approximate surface area is 106 Å². The lowest BCUT2D eigenvalue weighted by Gasteiger charge is -2.79. The van der Waals surface area contributed by atoms with Crippen molar-refractivity contribution >= 4 is 0 Å². The van der Waals surface area contributed by atoms with Crippen molar-refractivity contribution in [2.24, 2.45) is 22.7 Å². The zero-order chi connectivity index (χ0) is 12.3. The monoisotopic (exact) mass is 236 g/mol. The Hall–Kier alpha value is -0.0400. The van der Waals surface area contributed by atoms with Crippen molar-refractivity contribution < 1.29 is 5.11 Å². The van der Waals surface area contributed by atoms with E-state index in [9.17, 15) is 5.11 Å². The molecule has 0 aromatic rings. The standard InChI is InChI=1S/C16H28O/c1-12(2)15-10-9-14(15,3)11-16(15,17)13-7-5-4-6-8-13/h12-13,17H,4-11H2,1-3H3. The first-order valence-electron chi connectivity index (χ1n) is 7.69. The molecule has 3 aliphatic rings. The molecule has 0 saturated heterocycles. The van der Waals surface area contributed by atoms with Crippen LogP contribution in [0.15, 0.2) is 0 Å². The van der Waals surface area contributed by atoms with Crippen LogP contribution < -0.4 is 0 Å². The van der Waals surface area contributed by atoms with E-state index in [0.29, 0.717) is 17.3 Å². The highest BCUT2D eigenvalue weighted by Gasteiger charge is 2.78. The van der Waals surface area contributed by atoms with Crippen LogP contribution in [0.2, 0.25) is 0 Å². The van der Waals surface area contributed by atoms with Crippen LogP contribution in [-0.2, 0) is 0 Å². The van der Waals surface area contributed by atoms with Crippen LogP contribution in [-0.4, -0.2) is 10.7 Å². The highest BCUT2D eigenvalue weighted by Crippen LogP contribution is 2.79. The Morgan fingerprint density at radius 2 is 1.71 bits per heavy atom. The lowest BCUT2D eigenvalue weighted by Crippen LogP contribution is -2.79. The average molecular weight is 236 g/mol. The zero-order valence-electron chi connectivity index (χ0n) is 11.8. The summed E-state index contributed by atoms with van der Waals surface area (Å²) in [4.78, 5) is 0. The summed E-state index contributed by atoms with van der Waals surface area (Å²) in [6.07, 6.45) is 10.3. The molecule has 0 aromatic carbocycles. The molecule has 3 fully saturated rings. The van der Waals surface area contributed by atoms with Gasteiger partial charge in [0, 0.05) is 5.41 Å². The van der Waals surface area contributed by atoms with Gasteiger partial charge in [0.25, 0.3) is 0 Å². The van der Waals surface area contributed by atoms with Crippen LogP contribution in [0, 0.1) is 22.7 Å². The van der Waals surface area contributed by atoms with Crippen molar-refractivity contribution in [2.45, 2.75) is 77.7 Å². The predicted octanol–water partition coefficient (Wildman–Crippen LogP) is 4.14. The van der Waals surface area contributed by atoms with Crippen LogP contribution >= 0.6 is 0 Å². The van der Waals surface area contributed by atoms with Gasteiger partial charge < -0.3 is 5.11 Å². The topological polar surface area (TPSA) is 20.2 Å². The molecule has 3 unspecified atom stereocenters. The van der Waals surface area contributed by atoms with E-state index >= 15 is 0 Å². The molecule has 0 amide bonds. The molecular weight excluding hydrogens is 208 g/mol. The SMILES string of the molecule is CC(C)C12CCC1(C)CC2(O)C1CCCCC1. The van der Waals surface area contributed by atoms with E-state index in [4.69, 9.17) is 0 Å². The highest BCUT2D eigenvalue weighted by atomic mass is 16.3. The molecule has 3 saturated carbocycles. The predicted molar refractivity (Wildman–Crippen MR) is 70.8 cm³/mol. The second kappa shape index (κ2) is 3.50. The maximum absolute atomic E-state index is 11.3. The normalized spacial score (nSPS) is 50.6. The van der Waals surface area contributed by atoms with Crippen molar-refractivity contribution in [3.8, 4) is 0 Å². The molecule has 1 heteroatoms. The molecule has 0 heterocycles. The molecule has 3 rings (SSSR count). The minimum atomic E-state index is -0.311. The number of fused-ring (bicyclic) bond motifs is 1. The molecule has 0 aromatic heterocycles. The molecule has 0 aliphatic heterocycles. The van der Waals surface area contributed by atoms with E-state index in [1.54, 1.807) is 0 Å². The maximum atomic E-state index is 11.3. The van der Waals surface area contributed by atoms with Crippen molar-refractivity contribution in [3.63, 3.8) is 0 Å². The van der Waals surface area contributed by atoms with Gasteiger partial charge in [-0.2, -0.15) is 0 Å². The molecule has 0 bridgehead atoms. The van der Waals surface area contributed by atoms with Crippen LogP contribution in [0.25, 0.3) is 0 Å². The summed E-state index contributed by atoms with van der Waals surface area (Å²) in [6, 6.07) is 0. The Bertz CT molecular complexity index is 317. The van der Waals surface area contributed by atoms with Crippen LogP contribution in [0.4, 0.5) is 0 Å². The van der Waals surface area contributed by atoms with E-state index in [1.165, 1.54) is 44.9 Å². The first-order valence-corrected chi connectivity index (χ1v) is 7.69. The third-order valence-corrected chi connectivity index (χ3v) is 6.85. The summed E-state index contributed by atoms with van der Waals surface area (Å²) in [5.41, 5.74) is 0.421. The lowest BCUT2D eigenvalue weighted by molar-refractivity contribution is -0.359. The number of aliphatic hydroxyl groups is 1. The Balaban J connectivity index is 1.88. The van der Waals surface area contributed by atoms with Gasteiger partial charge in [0.2, 0.25) is 0 Å². The van der Waals surface area contributed by atoms with Gasteiger partial charge in [0.1, 0.15) is 0 Å². The first kappa shape index (κ1) is 12.0. The summed E-state index contributed by atoms with van der Waals surface area (Å²) in [5, 5.41) is 11.3. The third kappa shape index (κ3) is 1.20. The van der Waals surface area contributed by atoms with Crippen molar-refractivity contribution in [1.82, 2.24) is 0 Å². The van der Waals surface area contributed by atoms with Gasteiger partial charge in [-0.15, -0.1) is 0 Å². The summed E-state index contributed by atoms with van der Waals surface area (Å²) in [7, 11) is 0. The molecule has 98 valence electrons. The van der Waals surface area contributed by atoms with Gasteiger partial charge in [-0.3, -0.25) is 0 Å². The fraction of sp³-hybridized carbons (Fsp3) is 1.00. The summed E-state index contributed by atoms with van der Waals surface area (Å²) >= 11 is 0. The van der Waals surface area contributed by atoms with Gasteiger partial charge in [-0.25, -0.2) is 0 Å². The molecule has 3 atom stereocenters. The molecule has 0 radical (unpaired) electrons. The van der Waals surface area contributed by atoms with Gasteiger partial charge >= 0.3 is 0 Å². The molecular formula is C16H28O. The van der Waals surface area contributed by atoms with Crippen LogP contribution in [0.1, 0.15) is 72.1 Å². The minimum Gasteiger partial charge on any atom is -0.389 e. The summed E-state index contributed by atoms with van der Waals surface area (Å²) in [5.74, 6) is 1.24.